The standard InChI is InChI=1S/C18H21N3O4/c1-11-17(23)21(14-4-2-3-5-15(14)25-11)10-16(22)19-13-8-9-20(18(13)24)12-6-7-12/h2-5,11-13H,6-10H2,1H3,(H,19,22). The average molecular weight is 343 g/mol. The van der Waals surface area contributed by atoms with Crippen molar-refractivity contribution in [3.05, 3.63) is 24.3 Å². The Hall–Kier alpha value is -2.57. The molecule has 1 saturated heterocycles. The lowest BCUT2D eigenvalue weighted by Gasteiger charge is -2.32. The van der Waals surface area contributed by atoms with E-state index < -0.39 is 12.1 Å². The highest BCUT2D eigenvalue weighted by Crippen LogP contribution is 2.33. The summed E-state index contributed by atoms with van der Waals surface area (Å²) in [4.78, 5) is 40.5. The van der Waals surface area contributed by atoms with Crippen molar-refractivity contribution in [1.29, 1.82) is 0 Å². The minimum atomic E-state index is -0.638. The predicted molar refractivity (Wildman–Crippen MR) is 90.2 cm³/mol. The van der Waals surface area contributed by atoms with Crippen LogP contribution < -0.4 is 15.0 Å². The Kier molecular flexibility index (Phi) is 3.86. The van der Waals surface area contributed by atoms with Gasteiger partial charge in [0.25, 0.3) is 5.91 Å². The van der Waals surface area contributed by atoms with Crippen LogP contribution in [0.4, 0.5) is 5.69 Å². The summed E-state index contributed by atoms with van der Waals surface area (Å²) >= 11 is 0. The molecule has 0 aromatic heterocycles. The lowest BCUT2D eigenvalue weighted by atomic mass is 10.2. The predicted octanol–water partition coefficient (Wildman–Crippen LogP) is 0.680. The number of ether oxygens (including phenoxy) is 1. The number of para-hydroxylation sites is 2. The normalized spacial score (nSPS) is 25.6. The maximum Gasteiger partial charge on any atom is 0.268 e. The van der Waals surface area contributed by atoms with Crippen LogP contribution in [0.1, 0.15) is 26.2 Å². The first-order chi connectivity index (χ1) is 12.0. The van der Waals surface area contributed by atoms with Gasteiger partial charge in [0.1, 0.15) is 18.3 Å². The summed E-state index contributed by atoms with van der Waals surface area (Å²) in [6.07, 6.45) is 2.11. The Morgan fingerprint density at radius 2 is 1.96 bits per heavy atom. The molecule has 1 N–H and O–H groups in total. The van der Waals surface area contributed by atoms with Crippen LogP contribution >= 0.6 is 0 Å². The highest BCUT2D eigenvalue weighted by Gasteiger charge is 2.41. The Balaban J connectivity index is 1.44. The van der Waals surface area contributed by atoms with Crippen LogP contribution in [0.25, 0.3) is 0 Å². The molecule has 0 bridgehead atoms. The molecular weight excluding hydrogens is 322 g/mol. The first kappa shape index (κ1) is 15.9. The number of nitrogens with zero attached hydrogens (tertiary/aromatic N) is 2. The fraction of sp³-hybridized carbons (Fsp3) is 0.500. The van der Waals surface area contributed by atoms with Gasteiger partial charge < -0.3 is 15.0 Å². The van der Waals surface area contributed by atoms with Gasteiger partial charge in [-0.25, -0.2) is 0 Å². The summed E-state index contributed by atoms with van der Waals surface area (Å²) in [5, 5.41) is 2.79. The number of nitrogens with one attached hydrogen (secondary N) is 1. The molecule has 1 saturated carbocycles. The molecule has 7 nitrogen and oxygen atoms in total. The Morgan fingerprint density at radius 3 is 2.72 bits per heavy atom. The minimum Gasteiger partial charge on any atom is -0.479 e. The molecule has 3 amide bonds. The SMILES string of the molecule is CC1Oc2ccccc2N(CC(=O)NC2CCN(C3CC3)C2=O)C1=O. The van der Waals surface area contributed by atoms with Gasteiger partial charge in [0.15, 0.2) is 6.10 Å². The molecule has 4 rings (SSSR count). The highest BCUT2D eigenvalue weighted by atomic mass is 16.5. The van der Waals surface area contributed by atoms with Gasteiger partial charge in [-0.05, 0) is 38.3 Å². The zero-order valence-corrected chi connectivity index (χ0v) is 14.1. The number of hydrogen-bond donors (Lipinski definition) is 1. The molecule has 1 aromatic rings. The molecule has 25 heavy (non-hydrogen) atoms. The molecule has 1 aliphatic carbocycles. The molecule has 2 heterocycles. The van der Waals surface area contributed by atoms with E-state index in [0.717, 1.165) is 12.8 Å². The largest absolute Gasteiger partial charge is 0.479 e. The molecule has 2 aliphatic heterocycles. The van der Waals surface area contributed by atoms with Crippen LogP contribution in [0.5, 0.6) is 5.75 Å². The number of amides is 3. The van der Waals surface area contributed by atoms with Crippen molar-refractivity contribution in [2.75, 3.05) is 18.0 Å². The van der Waals surface area contributed by atoms with Crippen molar-refractivity contribution >= 4 is 23.4 Å². The van der Waals surface area contributed by atoms with Crippen molar-refractivity contribution in [2.45, 2.75) is 44.4 Å². The van der Waals surface area contributed by atoms with E-state index in [1.807, 2.05) is 11.0 Å². The molecule has 0 radical (unpaired) electrons. The number of benzene rings is 1. The van der Waals surface area contributed by atoms with Crippen molar-refractivity contribution < 1.29 is 19.1 Å². The van der Waals surface area contributed by atoms with Crippen LogP contribution in [0.15, 0.2) is 24.3 Å². The number of likely N-dealkylation sites (tertiary alicyclic amines) is 1. The summed E-state index contributed by atoms with van der Waals surface area (Å²) in [5.74, 6) is -0.00312. The summed E-state index contributed by atoms with van der Waals surface area (Å²) in [6.45, 7) is 2.25. The summed E-state index contributed by atoms with van der Waals surface area (Å²) in [5.41, 5.74) is 0.582. The zero-order valence-electron chi connectivity index (χ0n) is 14.1. The Morgan fingerprint density at radius 1 is 1.20 bits per heavy atom. The summed E-state index contributed by atoms with van der Waals surface area (Å²) in [7, 11) is 0. The quantitative estimate of drug-likeness (QED) is 0.872. The molecule has 1 aromatic carbocycles. The van der Waals surface area contributed by atoms with Crippen LogP contribution in [0.3, 0.4) is 0 Å². The van der Waals surface area contributed by atoms with E-state index in [1.54, 1.807) is 25.1 Å². The van der Waals surface area contributed by atoms with Crippen LogP contribution in [0, 0.1) is 0 Å². The van der Waals surface area contributed by atoms with E-state index in [1.165, 1.54) is 4.90 Å². The molecule has 0 spiro atoms. The molecule has 3 aliphatic rings. The molecule has 7 heteroatoms. The van der Waals surface area contributed by atoms with Crippen molar-refractivity contribution in [1.82, 2.24) is 10.2 Å². The van der Waals surface area contributed by atoms with Gasteiger partial charge in [0, 0.05) is 12.6 Å². The summed E-state index contributed by atoms with van der Waals surface area (Å²) < 4.78 is 5.57. The van der Waals surface area contributed by atoms with Gasteiger partial charge in [-0.3, -0.25) is 19.3 Å². The van der Waals surface area contributed by atoms with Gasteiger partial charge >= 0.3 is 0 Å². The first-order valence-electron chi connectivity index (χ1n) is 8.71. The number of carbonyl (C=O) groups is 3. The number of anilines is 1. The van der Waals surface area contributed by atoms with Crippen molar-refractivity contribution in [2.24, 2.45) is 0 Å². The van der Waals surface area contributed by atoms with Gasteiger partial charge in [-0.1, -0.05) is 12.1 Å². The smallest absolute Gasteiger partial charge is 0.268 e. The monoisotopic (exact) mass is 343 g/mol. The van der Waals surface area contributed by atoms with E-state index in [-0.39, 0.29) is 24.3 Å². The van der Waals surface area contributed by atoms with Crippen molar-refractivity contribution in [3.8, 4) is 5.75 Å². The molecule has 2 fully saturated rings. The third-order valence-electron chi connectivity index (χ3n) is 4.94. The van der Waals surface area contributed by atoms with Crippen LogP contribution in [-0.2, 0) is 14.4 Å². The van der Waals surface area contributed by atoms with Gasteiger partial charge in [-0.15, -0.1) is 0 Å². The number of carbonyl (C=O) groups excluding carboxylic acids is 3. The van der Waals surface area contributed by atoms with Crippen molar-refractivity contribution in [3.63, 3.8) is 0 Å². The number of rotatable bonds is 4. The Labute approximate surface area is 145 Å². The van der Waals surface area contributed by atoms with E-state index in [9.17, 15) is 14.4 Å². The number of fused-ring (bicyclic) bond motifs is 1. The van der Waals surface area contributed by atoms with E-state index in [0.29, 0.717) is 30.4 Å². The van der Waals surface area contributed by atoms with Gasteiger partial charge in [0.05, 0.1) is 5.69 Å². The fourth-order valence-corrected chi connectivity index (χ4v) is 3.49. The molecule has 2 atom stereocenters. The summed E-state index contributed by atoms with van der Waals surface area (Å²) in [6, 6.07) is 7.03. The maximum atomic E-state index is 12.5. The molecule has 2 unspecified atom stereocenters. The van der Waals surface area contributed by atoms with E-state index in [2.05, 4.69) is 5.32 Å². The van der Waals surface area contributed by atoms with Gasteiger partial charge in [0.2, 0.25) is 11.8 Å². The zero-order chi connectivity index (χ0) is 17.6. The lowest BCUT2D eigenvalue weighted by Crippen LogP contribution is -2.51. The second-order valence-corrected chi connectivity index (χ2v) is 6.82. The fourth-order valence-electron chi connectivity index (χ4n) is 3.49. The van der Waals surface area contributed by atoms with Gasteiger partial charge in [-0.2, -0.15) is 0 Å². The van der Waals surface area contributed by atoms with E-state index >= 15 is 0 Å². The van der Waals surface area contributed by atoms with E-state index in [4.69, 9.17) is 4.74 Å². The molecular formula is C18H21N3O4. The maximum absolute atomic E-state index is 12.5. The minimum absolute atomic E-state index is 0.00192. The highest BCUT2D eigenvalue weighted by molar-refractivity contribution is 6.04. The molecule has 132 valence electrons. The second-order valence-electron chi connectivity index (χ2n) is 6.82. The third-order valence-corrected chi connectivity index (χ3v) is 4.94. The Bertz CT molecular complexity index is 731. The third kappa shape index (κ3) is 2.94. The van der Waals surface area contributed by atoms with Crippen LogP contribution in [-0.4, -0.2) is 53.9 Å². The second kappa shape index (κ2) is 6.06. The van der Waals surface area contributed by atoms with Crippen LogP contribution in [0.2, 0.25) is 0 Å². The first-order valence-corrected chi connectivity index (χ1v) is 8.71. The topological polar surface area (TPSA) is 79.0 Å². The number of hydrogen-bond acceptors (Lipinski definition) is 4. The lowest BCUT2D eigenvalue weighted by molar-refractivity contribution is -0.133. The average Bonchev–Trinajstić information content (AvgIpc) is 3.37.